The Morgan fingerprint density at radius 1 is 0.774 bits per heavy atom. The van der Waals surface area contributed by atoms with Crippen molar-refractivity contribution in [3.63, 3.8) is 0 Å². The number of carbonyl (C=O) groups excluding carboxylic acids is 3. The van der Waals surface area contributed by atoms with Crippen LogP contribution in [0.15, 0.2) is 0 Å². The minimum Gasteiger partial charge on any atom is -0.481 e. The van der Waals surface area contributed by atoms with Gasteiger partial charge >= 0.3 is 18.0 Å². The molecule has 0 saturated carbocycles. The van der Waals surface area contributed by atoms with E-state index in [1.54, 1.807) is 20.8 Å². The molecule has 0 unspecified atom stereocenters. The second-order valence-electron chi connectivity index (χ2n) is 7.98. The van der Waals surface area contributed by atoms with E-state index < -0.39 is 29.5 Å². The van der Waals surface area contributed by atoms with Crippen molar-refractivity contribution in [2.75, 3.05) is 32.7 Å². The van der Waals surface area contributed by atoms with Gasteiger partial charge in [0.15, 0.2) is 0 Å². The van der Waals surface area contributed by atoms with Crippen LogP contribution < -0.4 is 5.32 Å². The van der Waals surface area contributed by atoms with Gasteiger partial charge in [-0.25, -0.2) is 4.79 Å². The molecule has 0 aliphatic carbocycles. The lowest BCUT2D eigenvalue weighted by Gasteiger charge is -2.28. The van der Waals surface area contributed by atoms with E-state index in [-0.39, 0.29) is 64.3 Å². The van der Waals surface area contributed by atoms with Gasteiger partial charge in [0.25, 0.3) is 0 Å². The van der Waals surface area contributed by atoms with Crippen LogP contribution in [-0.4, -0.2) is 88.2 Å². The lowest BCUT2D eigenvalue weighted by Crippen LogP contribution is -2.43. The van der Waals surface area contributed by atoms with Gasteiger partial charge in [-0.3, -0.25) is 19.2 Å². The molecule has 0 rings (SSSR count). The van der Waals surface area contributed by atoms with E-state index in [2.05, 4.69) is 5.32 Å². The number of amides is 3. The zero-order chi connectivity index (χ0) is 24.0. The molecule has 0 aromatic rings. The second kappa shape index (κ2) is 14.2. The molecule has 11 heteroatoms. The van der Waals surface area contributed by atoms with E-state index in [0.29, 0.717) is 6.42 Å². The van der Waals surface area contributed by atoms with Crippen molar-refractivity contribution < 1.29 is 38.9 Å². The molecule has 0 saturated heterocycles. The molecule has 31 heavy (non-hydrogen) atoms. The highest BCUT2D eigenvalue weighted by Gasteiger charge is 2.20. The minimum absolute atomic E-state index is 0.00874. The number of nitrogens with one attached hydrogen (secondary N) is 1. The Kier molecular flexibility index (Phi) is 12.9. The number of hydrogen-bond donors (Lipinski definition) is 3. The number of alkyl carbamates (subject to hydrolysis) is 1. The molecule has 3 N–H and O–H groups in total. The van der Waals surface area contributed by atoms with Gasteiger partial charge in [-0.2, -0.15) is 0 Å². The number of ether oxygens (including phenoxy) is 1. The van der Waals surface area contributed by atoms with Crippen molar-refractivity contribution in [3.05, 3.63) is 0 Å². The number of hydrogen-bond acceptors (Lipinski definition) is 6. The molecule has 0 atom stereocenters. The molecule has 178 valence electrons. The molecule has 0 bridgehead atoms. The van der Waals surface area contributed by atoms with Gasteiger partial charge in [-0.1, -0.05) is 6.92 Å². The molecule has 0 aliphatic rings. The van der Waals surface area contributed by atoms with E-state index in [1.807, 2.05) is 6.92 Å². The fourth-order valence-electron chi connectivity index (χ4n) is 2.54. The summed E-state index contributed by atoms with van der Waals surface area (Å²) in [4.78, 5) is 60.9. The lowest BCUT2D eigenvalue weighted by atomic mass is 10.2. The number of carbonyl (C=O) groups is 5. The van der Waals surface area contributed by atoms with Gasteiger partial charge in [0.2, 0.25) is 11.8 Å². The smallest absolute Gasteiger partial charge is 0.407 e. The highest BCUT2D eigenvalue weighted by molar-refractivity contribution is 5.79. The summed E-state index contributed by atoms with van der Waals surface area (Å²) in [6.07, 6.45) is -0.385. The highest BCUT2D eigenvalue weighted by Crippen LogP contribution is 2.07. The van der Waals surface area contributed by atoms with E-state index >= 15 is 0 Å². The molecule has 0 aromatic carbocycles. The van der Waals surface area contributed by atoms with Crippen molar-refractivity contribution in [2.45, 2.75) is 65.4 Å². The highest BCUT2D eigenvalue weighted by atomic mass is 16.6. The SMILES string of the molecule is CCCC(=O)N(CCC(=O)O)CCN(CCC(=O)O)C(=O)CCNC(=O)OC(C)(C)C. The average Bonchev–Trinajstić information content (AvgIpc) is 2.61. The summed E-state index contributed by atoms with van der Waals surface area (Å²) < 4.78 is 5.09. The Morgan fingerprint density at radius 2 is 1.23 bits per heavy atom. The number of aliphatic carboxylic acids is 2. The van der Waals surface area contributed by atoms with Crippen molar-refractivity contribution in [1.82, 2.24) is 15.1 Å². The van der Waals surface area contributed by atoms with Crippen LogP contribution in [-0.2, 0) is 23.9 Å². The Hall–Kier alpha value is -2.85. The van der Waals surface area contributed by atoms with Crippen LogP contribution in [0.4, 0.5) is 4.79 Å². The van der Waals surface area contributed by atoms with E-state index in [0.717, 1.165) is 0 Å². The maximum atomic E-state index is 12.5. The summed E-state index contributed by atoms with van der Waals surface area (Å²) >= 11 is 0. The number of rotatable bonds is 14. The van der Waals surface area contributed by atoms with E-state index in [4.69, 9.17) is 14.9 Å². The van der Waals surface area contributed by atoms with Crippen molar-refractivity contribution >= 4 is 29.8 Å². The Balaban J connectivity index is 4.90. The molecule has 0 fully saturated rings. The van der Waals surface area contributed by atoms with Gasteiger partial charge in [-0.15, -0.1) is 0 Å². The summed E-state index contributed by atoms with van der Waals surface area (Å²) in [6.45, 7) is 7.07. The predicted molar refractivity (Wildman–Crippen MR) is 111 cm³/mol. The topological polar surface area (TPSA) is 154 Å². The third-order valence-electron chi connectivity index (χ3n) is 4.01. The fourth-order valence-corrected chi connectivity index (χ4v) is 2.54. The Morgan fingerprint density at radius 3 is 1.61 bits per heavy atom. The van der Waals surface area contributed by atoms with Crippen molar-refractivity contribution in [3.8, 4) is 0 Å². The van der Waals surface area contributed by atoms with Crippen LogP contribution in [0.3, 0.4) is 0 Å². The maximum Gasteiger partial charge on any atom is 0.407 e. The van der Waals surface area contributed by atoms with Crippen LogP contribution >= 0.6 is 0 Å². The van der Waals surface area contributed by atoms with Gasteiger partial charge in [0.05, 0.1) is 12.8 Å². The lowest BCUT2D eigenvalue weighted by molar-refractivity contribution is -0.141. The van der Waals surface area contributed by atoms with Crippen LogP contribution in [0.1, 0.15) is 59.8 Å². The summed E-state index contributed by atoms with van der Waals surface area (Å²) in [5.41, 5.74) is -0.675. The van der Waals surface area contributed by atoms with Crippen LogP contribution in [0, 0.1) is 0 Å². The number of nitrogens with zero attached hydrogens (tertiary/aromatic N) is 2. The number of carboxylic acids is 2. The zero-order valence-electron chi connectivity index (χ0n) is 18.8. The molecule has 3 amide bonds. The zero-order valence-corrected chi connectivity index (χ0v) is 18.8. The standard InChI is InChI=1S/C20H35N3O8/c1-5-6-15(24)22(11-8-17(26)27)13-14-23(12-9-18(28)29)16(25)7-10-21-19(30)31-20(2,3)4/h5-14H2,1-4H3,(H,21,30)(H,26,27)(H,28,29). The van der Waals surface area contributed by atoms with E-state index in [1.165, 1.54) is 9.80 Å². The predicted octanol–water partition coefficient (Wildman–Crippen LogP) is 1.31. The molecule has 0 radical (unpaired) electrons. The monoisotopic (exact) mass is 445 g/mol. The third kappa shape index (κ3) is 14.7. The van der Waals surface area contributed by atoms with Gasteiger partial charge in [-0.05, 0) is 27.2 Å². The second-order valence-corrected chi connectivity index (χ2v) is 7.98. The van der Waals surface area contributed by atoms with Gasteiger partial charge in [0, 0.05) is 45.6 Å². The van der Waals surface area contributed by atoms with E-state index in [9.17, 15) is 24.0 Å². The summed E-state index contributed by atoms with van der Waals surface area (Å²) in [6, 6.07) is 0. The van der Waals surface area contributed by atoms with Gasteiger partial charge in [0.1, 0.15) is 5.60 Å². The van der Waals surface area contributed by atoms with Crippen LogP contribution in [0.5, 0.6) is 0 Å². The molecule has 0 aromatic heterocycles. The fraction of sp³-hybridized carbons (Fsp3) is 0.750. The number of carboxylic acid groups (broad SMARTS) is 2. The first kappa shape index (κ1) is 28.1. The van der Waals surface area contributed by atoms with Crippen molar-refractivity contribution in [1.29, 1.82) is 0 Å². The van der Waals surface area contributed by atoms with Crippen molar-refractivity contribution in [2.24, 2.45) is 0 Å². The van der Waals surface area contributed by atoms with Crippen LogP contribution in [0.25, 0.3) is 0 Å². The first-order valence-electron chi connectivity index (χ1n) is 10.3. The minimum atomic E-state index is -1.07. The van der Waals surface area contributed by atoms with Crippen LogP contribution in [0.2, 0.25) is 0 Å². The first-order chi connectivity index (χ1) is 14.4. The molecular formula is C20H35N3O8. The molecular weight excluding hydrogens is 410 g/mol. The maximum absolute atomic E-state index is 12.5. The summed E-state index contributed by atoms with van der Waals surface area (Å²) in [5.74, 6) is -2.73. The normalized spacial score (nSPS) is 10.8. The third-order valence-corrected chi connectivity index (χ3v) is 4.01. The largest absolute Gasteiger partial charge is 0.481 e. The first-order valence-corrected chi connectivity index (χ1v) is 10.3. The summed E-state index contributed by atoms with van der Waals surface area (Å²) in [7, 11) is 0. The molecule has 11 nitrogen and oxygen atoms in total. The Bertz CT molecular complexity index is 630. The molecule has 0 aliphatic heterocycles. The Labute approximate surface area is 182 Å². The quantitative estimate of drug-likeness (QED) is 0.362. The molecule has 0 spiro atoms. The molecule has 0 heterocycles. The average molecular weight is 446 g/mol. The summed E-state index contributed by atoms with van der Waals surface area (Å²) in [5, 5.41) is 20.3. The van der Waals surface area contributed by atoms with Gasteiger partial charge < -0.3 is 30.1 Å².